The molecule has 0 unspecified atom stereocenters. The molecule has 0 spiro atoms. The lowest BCUT2D eigenvalue weighted by molar-refractivity contribution is -0.619. The highest BCUT2D eigenvalue weighted by atomic mass is 15.4. The quantitative estimate of drug-likeness (QED) is 0.612. The van der Waals surface area contributed by atoms with Gasteiger partial charge >= 0.3 is 0 Å². The molecule has 0 aliphatic carbocycles. The van der Waals surface area contributed by atoms with Crippen LogP contribution < -0.4 is 4.68 Å². The summed E-state index contributed by atoms with van der Waals surface area (Å²) in [4.78, 5) is 4.31. The molecule has 3 rings (SSSR count). The van der Waals surface area contributed by atoms with Crippen molar-refractivity contribution < 1.29 is 4.68 Å². The van der Waals surface area contributed by atoms with E-state index in [2.05, 4.69) is 10.4 Å². The number of para-hydroxylation sites is 1. The van der Waals surface area contributed by atoms with Crippen LogP contribution in [0.2, 0.25) is 0 Å². The predicted octanol–water partition coefficient (Wildman–Crippen LogP) is 2.99. The van der Waals surface area contributed by atoms with Crippen LogP contribution in [0, 0.1) is 0 Å². The zero-order valence-corrected chi connectivity index (χ0v) is 9.19. The zero-order valence-electron chi connectivity index (χ0n) is 9.19. The fraction of sp³-hybridized carbons (Fsp3) is 0. The first-order valence-electron chi connectivity index (χ1n) is 5.45. The van der Waals surface area contributed by atoms with Gasteiger partial charge in [-0.1, -0.05) is 36.0 Å². The Hall–Kier alpha value is -2.42. The molecule has 0 saturated heterocycles. The molecule has 0 radical (unpaired) electrons. The summed E-state index contributed by atoms with van der Waals surface area (Å²) in [5.74, 6) is 0. The summed E-state index contributed by atoms with van der Waals surface area (Å²) in [5.41, 5.74) is 6.43. The monoisotopic (exact) mass is 221 g/mol. The van der Waals surface area contributed by atoms with E-state index in [0.717, 1.165) is 16.6 Å². The van der Waals surface area contributed by atoms with Gasteiger partial charge in [-0.2, -0.15) is 0 Å². The molecule has 3 nitrogen and oxygen atoms in total. The Labute approximate surface area is 99.3 Å². The van der Waals surface area contributed by atoms with Gasteiger partial charge in [0, 0.05) is 18.3 Å². The lowest BCUT2D eigenvalue weighted by Crippen LogP contribution is -2.25. The summed E-state index contributed by atoms with van der Waals surface area (Å²) in [5, 5.41) is 1.06. The second kappa shape index (κ2) is 4.22. The van der Waals surface area contributed by atoms with E-state index in [9.17, 15) is 0 Å². The van der Waals surface area contributed by atoms with Crippen LogP contribution in [0.15, 0.2) is 67.1 Å². The summed E-state index contributed by atoms with van der Waals surface area (Å²) < 4.78 is 1.79. The maximum absolute atomic E-state index is 4.55. The van der Waals surface area contributed by atoms with E-state index in [1.165, 1.54) is 0 Å². The summed E-state index contributed by atoms with van der Waals surface area (Å²) in [7, 11) is 0. The SMILES string of the molecule is c1cc[n+]([N-]c2ccnc3ccccc23)cc1. The minimum absolute atomic E-state index is 0.923. The van der Waals surface area contributed by atoms with Gasteiger partial charge in [-0.25, -0.2) is 4.68 Å². The topological polar surface area (TPSA) is 30.9 Å². The van der Waals surface area contributed by atoms with Crippen molar-refractivity contribution in [2.45, 2.75) is 0 Å². The highest BCUT2D eigenvalue weighted by molar-refractivity contribution is 5.91. The number of hydrogen-bond acceptors (Lipinski definition) is 1. The lowest BCUT2D eigenvalue weighted by Gasteiger charge is -2.15. The number of rotatable bonds is 2. The molecule has 17 heavy (non-hydrogen) atoms. The molecule has 3 aromatic rings. The Morgan fingerprint density at radius 2 is 1.71 bits per heavy atom. The minimum Gasteiger partial charge on any atom is -0.404 e. The Morgan fingerprint density at radius 1 is 0.882 bits per heavy atom. The fourth-order valence-corrected chi connectivity index (χ4v) is 1.75. The van der Waals surface area contributed by atoms with Gasteiger partial charge in [0.15, 0.2) is 12.4 Å². The van der Waals surface area contributed by atoms with Crippen molar-refractivity contribution in [2.75, 3.05) is 0 Å². The van der Waals surface area contributed by atoms with Gasteiger partial charge in [-0.05, 0) is 11.5 Å². The van der Waals surface area contributed by atoms with Gasteiger partial charge in [0.2, 0.25) is 0 Å². The number of benzene rings is 1. The van der Waals surface area contributed by atoms with Crippen LogP contribution in [0.5, 0.6) is 0 Å². The fourth-order valence-electron chi connectivity index (χ4n) is 1.75. The molecule has 0 amide bonds. The van der Waals surface area contributed by atoms with Crippen molar-refractivity contribution in [3.8, 4) is 0 Å². The van der Waals surface area contributed by atoms with Crippen molar-refractivity contribution >= 4 is 16.6 Å². The van der Waals surface area contributed by atoms with E-state index in [-0.39, 0.29) is 0 Å². The smallest absolute Gasteiger partial charge is 0.164 e. The number of nitrogens with zero attached hydrogens (tertiary/aromatic N) is 3. The van der Waals surface area contributed by atoms with Crippen molar-refractivity contribution in [3.05, 3.63) is 72.5 Å². The average molecular weight is 221 g/mol. The average Bonchev–Trinajstić information content (AvgIpc) is 2.40. The number of pyridine rings is 2. The first-order valence-corrected chi connectivity index (χ1v) is 5.45. The molecule has 0 bridgehead atoms. The van der Waals surface area contributed by atoms with Gasteiger partial charge in [0.05, 0.1) is 5.52 Å². The molecule has 3 heteroatoms. The van der Waals surface area contributed by atoms with Crippen molar-refractivity contribution in [1.29, 1.82) is 0 Å². The Bertz CT molecular complexity index is 630. The van der Waals surface area contributed by atoms with Gasteiger partial charge in [-0.15, -0.1) is 0 Å². The summed E-state index contributed by atoms with van der Waals surface area (Å²) >= 11 is 0. The summed E-state index contributed by atoms with van der Waals surface area (Å²) in [6, 6.07) is 15.8. The lowest BCUT2D eigenvalue weighted by atomic mass is 10.2. The van der Waals surface area contributed by atoms with Gasteiger partial charge in [0.25, 0.3) is 0 Å². The molecule has 0 aliphatic rings. The van der Waals surface area contributed by atoms with E-state index < -0.39 is 0 Å². The highest BCUT2D eigenvalue weighted by Crippen LogP contribution is 2.25. The van der Waals surface area contributed by atoms with Gasteiger partial charge < -0.3 is 5.43 Å². The van der Waals surface area contributed by atoms with Crippen LogP contribution in [-0.4, -0.2) is 4.98 Å². The second-order valence-electron chi connectivity index (χ2n) is 3.70. The van der Waals surface area contributed by atoms with E-state index in [1.807, 2.05) is 60.9 Å². The molecule has 0 aliphatic heterocycles. The Morgan fingerprint density at radius 3 is 2.59 bits per heavy atom. The van der Waals surface area contributed by atoms with Crippen LogP contribution in [0.3, 0.4) is 0 Å². The largest absolute Gasteiger partial charge is 0.404 e. The molecule has 0 saturated carbocycles. The molecular formula is C14H11N3. The molecule has 0 atom stereocenters. The maximum Gasteiger partial charge on any atom is 0.164 e. The summed E-state index contributed by atoms with van der Waals surface area (Å²) in [6.07, 6.45) is 5.61. The molecule has 82 valence electrons. The van der Waals surface area contributed by atoms with Crippen LogP contribution >= 0.6 is 0 Å². The molecule has 0 fully saturated rings. The molecular weight excluding hydrogens is 210 g/mol. The molecule has 1 aromatic carbocycles. The highest BCUT2D eigenvalue weighted by Gasteiger charge is 1.96. The van der Waals surface area contributed by atoms with Crippen LogP contribution in [-0.2, 0) is 0 Å². The van der Waals surface area contributed by atoms with Crippen LogP contribution in [0.25, 0.3) is 16.3 Å². The van der Waals surface area contributed by atoms with Crippen molar-refractivity contribution in [1.82, 2.24) is 4.98 Å². The Balaban J connectivity index is 2.06. The summed E-state index contributed by atoms with van der Waals surface area (Å²) in [6.45, 7) is 0. The van der Waals surface area contributed by atoms with E-state index in [1.54, 1.807) is 10.9 Å². The van der Waals surface area contributed by atoms with Crippen LogP contribution in [0.4, 0.5) is 5.69 Å². The number of fused-ring (bicyclic) bond motifs is 1. The number of aromatic nitrogens is 2. The third kappa shape index (κ3) is 1.95. The van der Waals surface area contributed by atoms with E-state index in [0.29, 0.717) is 0 Å². The van der Waals surface area contributed by atoms with Gasteiger partial charge in [-0.3, -0.25) is 4.98 Å². The molecule has 2 aromatic heterocycles. The molecule has 0 N–H and O–H groups in total. The van der Waals surface area contributed by atoms with E-state index in [4.69, 9.17) is 0 Å². The molecule has 2 heterocycles. The van der Waals surface area contributed by atoms with Crippen LogP contribution in [0.1, 0.15) is 0 Å². The maximum atomic E-state index is 4.55. The second-order valence-corrected chi connectivity index (χ2v) is 3.70. The standard InChI is InChI=1S/C14H11N3/c1-4-10-17(11-5-1)16-14-8-9-15-13-7-3-2-6-12(13)14/h1-11H. The third-order valence-electron chi connectivity index (χ3n) is 2.55. The first kappa shape index (κ1) is 9.78. The minimum atomic E-state index is 0.923. The van der Waals surface area contributed by atoms with E-state index >= 15 is 0 Å². The number of hydrogen-bond donors (Lipinski definition) is 0. The third-order valence-corrected chi connectivity index (χ3v) is 2.55. The normalized spacial score (nSPS) is 10.4. The van der Waals surface area contributed by atoms with Crippen molar-refractivity contribution in [3.63, 3.8) is 0 Å². The first-order chi connectivity index (χ1) is 8.43. The zero-order chi connectivity index (χ0) is 11.5. The van der Waals surface area contributed by atoms with Crippen molar-refractivity contribution in [2.24, 2.45) is 0 Å². The van der Waals surface area contributed by atoms with Gasteiger partial charge in [0.1, 0.15) is 0 Å². The Kier molecular flexibility index (Phi) is 2.43. The predicted molar refractivity (Wildman–Crippen MR) is 66.8 cm³/mol.